The van der Waals surface area contributed by atoms with Gasteiger partial charge in [0.15, 0.2) is 0 Å². The number of nitrogens with zero attached hydrogens (tertiary/aromatic N) is 1. The molecule has 3 heterocycles. The molecule has 1 amide bonds. The van der Waals surface area contributed by atoms with Gasteiger partial charge in [-0.1, -0.05) is 74.7 Å². The Hall–Kier alpha value is -3.07. The molecular weight excluding hydrogens is 557 g/mol. The molecular formula is C34H43F3N2O4. The van der Waals surface area contributed by atoms with Crippen LogP contribution in [-0.2, 0) is 21.4 Å². The van der Waals surface area contributed by atoms with Crippen LogP contribution in [0.3, 0.4) is 0 Å². The summed E-state index contributed by atoms with van der Waals surface area (Å²) in [6.07, 6.45) is 5.54. The van der Waals surface area contributed by atoms with Crippen molar-refractivity contribution >= 4 is 11.9 Å². The van der Waals surface area contributed by atoms with Gasteiger partial charge in [-0.25, -0.2) is 4.79 Å². The number of rotatable bonds is 4. The number of hydrogen-bond donors (Lipinski definition) is 2. The molecule has 1 spiro atoms. The molecule has 4 atom stereocenters. The summed E-state index contributed by atoms with van der Waals surface area (Å²) in [5.41, 5.74) is 3.84. The molecule has 0 unspecified atom stereocenters. The number of aryl methyl sites for hydroxylation is 1. The number of halogens is 3. The normalized spacial score (nSPS) is 27.5. The largest absolute Gasteiger partial charge is 0.493 e. The molecule has 43 heavy (non-hydrogen) atoms. The number of piperidine rings is 1. The summed E-state index contributed by atoms with van der Waals surface area (Å²) in [7, 11) is 0. The SMILES string of the molecule is CCc1cccc2c1OCC[C@]21CNC[C@H]1C(=O)N1CC[C@@H](c2ccccc2)C[C@H]1C1CCCCC1.O=C(O)C(F)(F)F. The minimum Gasteiger partial charge on any atom is -0.493 e. The van der Waals surface area contributed by atoms with E-state index in [4.69, 9.17) is 14.6 Å². The quantitative estimate of drug-likeness (QED) is 0.420. The van der Waals surface area contributed by atoms with Crippen molar-refractivity contribution < 1.29 is 32.6 Å². The molecule has 3 fully saturated rings. The zero-order chi connectivity index (χ0) is 30.6. The van der Waals surface area contributed by atoms with Gasteiger partial charge in [0.25, 0.3) is 0 Å². The fourth-order valence-electron chi connectivity index (χ4n) is 7.99. The predicted molar refractivity (Wildman–Crippen MR) is 158 cm³/mol. The molecule has 0 aromatic heterocycles. The van der Waals surface area contributed by atoms with Gasteiger partial charge in [-0.3, -0.25) is 4.79 Å². The Morgan fingerprint density at radius 2 is 1.77 bits per heavy atom. The summed E-state index contributed by atoms with van der Waals surface area (Å²) in [6.45, 7) is 5.45. The number of carboxylic acid groups (broad SMARTS) is 1. The van der Waals surface area contributed by atoms with Crippen LogP contribution in [0.1, 0.15) is 80.9 Å². The Balaban J connectivity index is 0.000000472. The Labute approximate surface area is 252 Å². The second-order valence-corrected chi connectivity index (χ2v) is 12.5. The van der Waals surface area contributed by atoms with Crippen molar-refractivity contribution in [2.24, 2.45) is 11.8 Å². The van der Waals surface area contributed by atoms with Crippen molar-refractivity contribution in [1.82, 2.24) is 10.2 Å². The molecule has 3 aliphatic heterocycles. The first-order valence-electron chi connectivity index (χ1n) is 15.8. The van der Waals surface area contributed by atoms with Gasteiger partial charge in [0.05, 0.1) is 12.5 Å². The van der Waals surface area contributed by atoms with Crippen molar-refractivity contribution in [3.63, 3.8) is 0 Å². The standard InChI is InChI=1S/C32H42N2O2.C2HF3O2/c1-2-23-14-9-15-27-30(23)36-19-17-32(27)22-33-21-28(32)31(35)34-18-16-26(24-10-5-3-6-11-24)20-29(34)25-12-7-4-8-13-25;3-2(4,5)1(6)7/h3,5-6,9-11,14-15,25-26,28-29,33H,2,4,7-8,12-13,16-22H2,1H3;(H,6,7)/t26-,28+,29+,32+;/m1./s1. The number of aliphatic carboxylic acids is 1. The van der Waals surface area contributed by atoms with Crippen molar-refractivity contribution in [2.45, 2.75) is 88.3 Å². The number of para-hydroxylation sites is 1. The fraction of sp³-hybridized carbons (Fsp3) is 0.588. The molecule has 0 radical (unpaired) electrons. The molecule has 0 bridgehead atoms. The minimum absolute atomic E-state index is 0.00776. The van der Waals surface area contributed by atoms with Crippen LogP contribution < -0.4 is 10.1 Å². The summed E-state index contributed by atoms with van der Waals surface area (Å²) in [6, 6.07) is 18.0. The lowest BCUT2D eigenvalue weighted by molar-refractivity contribution is -0.192. The number of benzene rings is 2. The number of likely N-dealkylation sites (tertiary alicyclic amines) is 1. The maximum Gasteiger partial charge on any atom is 0.490 e. The second-order valence-electron chi connectivity index (χ2n) is 12.5. The Morgan fingerprint density at radius 3 is 2.44 bits per heavy atom. The number of nitrogens with one attached hydrogen (secondary N) is 1. The zero-order valence-corrected chi connectivity index (χ0v) is 24.9. The van der Waals surface area contributed by atoms with Crippen molar-refractivity contribution in [3.05, 3.63) is 65.2 Å². The lowest BCUT2D eigenvalue weighted by Gasteiger charge is -2.48. The molecule has 9 heteroatoms. The minimum atomic E-state index is -5.08. The molecule has 1 saturated carbocycles. The number of carbonyl (C=O) groups excluding carboxylic acids is 1. The molecule has 4 aliphatic rings. The zero-order valence-electron chi connectivity index (χ0n) is 24.9. The van der Waals surface area contributed by atoms with Crippen LogP contribution in [0.15, 0.2) is 48.5 Å². The van der Waals surface area contributed by atoms with Crippen LogP contribution in [0, 0.1) is 11.8 Å². The monoisotopic (exact) mass is 600 g/mol. The summed E-state index contributed by atoms with van der Waals surface area (Å²) in [5.74, 6) is -0.0997. The summed E-state index contributed by atoms with van der Waals surface area (Å²) < 4.78 is 38.0. The van der Waals surface area contributed by atoms with Crippen molar-refractivity contribution in [3.8, 4) is 5.75 Å². The van der Waals surface area contributed by atoms with Gasteiger partial charge in [-0.2, -0.15) is 13.2 Å². The molecule has 6 nitrogen and oxygen atoms in total. The molecule has 1 aliphatic carbocycles. The molecule has 6 rings (SSSR count). The number of carboxylic acids is 1. The highest BCUT2D eigenvalue weighted by atomic mass is 19.4. The molecule has 2 N–H and O–H groups in total. The van der Waals surface area contributed by atoms with E-state index < -0.39 is 12.1 Å². The van der Waals surface area contributed by atoms with Crippen molar-refractivity contribution in [1.29, 1.82) is 0 Å². The fourth-order valence-corrected chi connectivity index (χ4v) is 7.99. The van der Waals surface area contributed by atoms with Crippen LogP contribution in [0.5, 0.6) is 5.75 Å². The first-order valence-corrected chi connectivity index (χ1v) is 15.8. The number of alkyl halides is 3. The lowest BCUT2D eigenvalue weighted by atomic mass is 9.67. The van der Waals surface area contributed by atoms with Crippen molar-refractivity contribution in [2.75, 3.05) is 26.2 Å². The molecule has 2 saturated heterocycles. The molecule has 2 aromatic rings. The van der Waals surface area contributed by atoms with Gasteiger partial charge in [0, 0.05) is 36.7 Å². The Morgan fingerprint density at radius 1 is 1.05 bits per heavy atom. The van der Waals surface area contributed by atoms with E-state index in [-0.39, 0.29) is 11.3 Å². The van der Waals surface area contributed by atoms with E-state index in [1.807, 2.05) is 0 Å². The molecule has 2 aromatic carbocycles. The van der Waals surface area contributed by atoms with Crippen LogP contribution in [0.25, 0.3) is 0 Å². The third kappa shape index (κ3) is 6.56. The highest BCUT2D eigenvalue weighted by molar-refractivity contribution is 5.82. The van der Waals surface area contributed by atoms with Crippen LogP contribution in [0.4, 0.5) is 13.2 Å². The number of fused-ring (bicyclic) bond motifs is 2. The number of amides is 1. The predicted octanol–water partition coefficient (Wildman–Crippen LogP) is 6.48. The number of ether oxygens (including phenoxy) is 1. The topological polar surface area (TPSA) is 78.9 Å². The van der Waals surface area contributed by atoms with Gasteiger partial charge in [0.2, 0.25) is 5.91 Å². The van der Waals surface area contributed by atoms with E-state index in [9.17, 15) is 18.0 Å². The maximum atomic E-state index is 14.6. The Kier molecular flexibility index (Phi) is 9.69. The first kappa shape index (κ1) is 31.4. The molecule has 234 valence electrons. The van der Waals surface area contributed by atoms with E-state index in [0.29, 0.717) is 30.4 Å². The van der Waals surface area contributed by atoms with Gasteiger partial charge in [0.1, 0.15) is 5.75 Å². The van der Waals surface area contributed by atoms with Gasteiger partial charge >= 0.3 is 12.1 Å². The average Bonchev–Trinajstić information content (AvgIpc) is 3.44. The maximum absolute atomic E-state index is 14.6. The van der Waals surface area contributed by atoms with Crippen LogP contribution >= 0.6 is 0 Å². The van der Waals surface area contributed by atoms with Gasteiger partial charge < -0.3 is 20.1 Å². The van der Waals surface area contributed by atoms with Gasteiger partial charge in [-0.15, -0.1) is 0 Å². The lowest BCUT2D eigenvalue weighted by Crippen LogP contribution is -2.55. The highest BCUT2D eigenvalue weighted by Gasteiger charge is 2.53. The van der Waals surface area contributed by atoms with E-state index in [1.54, 1.807) is 0 Å². The summed E-state index contributed by atoms with van der Waals surface area (Å²) in [4.78, 5) is 25.8. The summed E-state index contributed by atoms with van der Waals surface area (Å²) >= 11 is 0. The smallest absolute Gasteiger partial charge is 0.490 e. The Bertz CT molecular complexity index is 1260. The first-order chi connectivity index (χ1) is 20.7. The van der Waals surface area contributed by atoms with Crippen LogP contribution in [-0.4, -0.2) is 60.3 Å². The van der Waals surface area contributed by atoms with Gasteiger partial charge in [-0.05, 0) is 61.5 Å². The van der Waals surface area contributed by atoms with Crippen LogP contribution in [0.2, 0.25) is 0 Å². The van der Waals surface area contributed by atoms with E-state index in [1.165, 1.54) is 48.8 Å². The number of hydrogen-bond acceptors (Lipinski definition) is 4. The van der Waals surface area contributed by atoms with E-state index >= 15 is 0 Å². The van der Waals surface area contributed by atoms with E-state index in [2.05, 4.69) is 65.7 Å². The third-order valence-electron chi connectivity index (χ3n) is 10.2. The third-order valence-corrected chi connectivity index (χ3v) is 10.2. The second kappa shape index (κ2) is 13.3. The van der Waals surface area contributed by atoms with E-state index in [0.717, 1.165) is 51.1 Å². The number of carbonyl (C=O) groups is 2. The highest BCUT2D eigenvalue weighted by Crippen LogP contribution is 2.49. The summed E-state index contributed by atoms with van der Waals surface area (Å²) in [5, 5.41) is 10.8. The average molecular weight is 601 g/mol.